The van der Waals surface area contributed by atoms with Gasteiger partial charge in [-0.15, -0.1) is 0 Å². The molecule has 1 fully saturated rings. The summed E-state index contributed by atoms with van der Waals surface area (Å²) in [4.78, 5) is 17.8. The molecule has 0 aromatic carbocycles. The summed E-state index contributed by atoms with van der Waals surface area (Å²) in [6.07, 6.45) is -3.71. The maximum absolute atomic E-state index is 12.7. The molecule has 1 atom stereocenters. The van der Waals surface area contributed by atoms with E-state index in [1.807, 2.05) is 4.90 Å². The van der Waals surface area contributed by atoms with Crippen LogP contribution in [0.4, 0.5) is 19.0 Å². The van der Waals surface area contributed by atoms with Crippen molar-refractivity contribution < 1.29 is 18.0 Å². The van der Waals surface area contributed by atoms with Gasteiger partial charge in [0.05, 0.1) is 17.2 Å². The summed E-state index contributed by atoms with van der Waals surface area (Å²) >= 11 is 0. The molecule has 0 saturated carbocycles. The van der Waals surface area contributed by atoms with Gasteiger partial charge in [0.1, 0.15) is 5.82 Å². The first-order valence-electron chi connectivity index (χ1n) is 6.29. The van der Waals surface area contributed by atoms with Crippen molar-refractivity contribution in [2.45, 2.75) is 12.2 Å². The second-order valence-corrected chi connectivity index (χ2v) is 4.85. The molecule has 0 aliphatic carbocycles. The molecule has 0 radical (unpaired) electrons. The molecular weight excluding hydrogens is 273 g/mol. The van der Waals surface area contributed by atoms with Crippen LogP contribution in [0.1, 0.15) is 15.9 Å². The van der Waals surface area contributed by atoms with Crippen LogP contribution in [0.2, 0.25) is 0 Å². The molecule has 2 N–H and O–H groups in total. The van der Waals surface area contributed by atoms with E-state index in [0.717, 1.165) is 12.3 Å². The third-order valence-electron chi connectivity index (χ3n) is 3.56. The predicted octanol–water partition coefficient (Wildman–Crippen LogP) is 0.622. The Kier molecular flexibility index (Phi) is 3.04. The van der Waals surface area contributed by atoms with E-state index in [1.165, 1.54) is 0 Å². The number of anilines is 1. The van der Waals surface area contributed by atoms with Crippen LogP contribution in [-0.2, 0) is 6.18 Å². The Hall–Kier alpha value is -1.83. The molecule has 8 heteroatoms. The van der Waals surface area contributed by atoms with E-state index >= 15 is 0 Å². The first-order valence-corrected chi connectivity index (χ1v) is 6.29. The van der Waals surface area contributed by atoms with E-state index < -0.39 is 17.6 Å². The number of nitrogens with one attached hydrogen (secondary N) is 2. The minimum atomic E-state index is -4.50. The van der Waals surface area contributed by atoms with E-state index in [2.05, 4.69) is 15.6 Å². The van der Waals surface area contributed by atoms with Gasteiger partial charge in [-0.3, -0.25) is 4.79 Å². The van der Waals surface area contributed by atoms with Gasteiger partial charge in [0, 0.05) is 32.4 Å². The first kappa shape index (κ1) is 13.2. The lowest BCUT2D eigenvalue weighted by Gasteiger charge is -2.35. The number of halogens is 3. The zero-order valence-corrected chi connectivity index (χ0v) is 10.5. The molecule has 0 bridgehead atoms. The largest absolute Gasteiger partial charge is 0.417 e. The molecule has 2 aliphatic rings. The smallest absolute Gasteiger partial charge is 0.350 e. The van der Waals surface area contributed by atoms with Gasteiger partial charge in [0.2, 0.25) is 0 Å². The van der Waals surface area contributed by atoms with Gasteiger partial charge in [0.25, 0.3) is 5.91 Å². The number of alkyl halides is 3. The Morgan fingerprint density at radius 2 is 2.15 bits per heavy atom. The highest BCUT2D eigenvalue weighted by Gasteiger charge is 2.36. The van der Waals surface area contributed by atoms with Crippen LogP contribution in [0.25, 0.3) is 0 Å². The highest BCUT2D eigenvalue weighted by atomic mass is 19.4. The van der Waals surface area contributed by atoms with E-state index in [0.29, 0.717) is 32.0 Å². The SMILES string of the molecule is O=C1NCC2CNCCN2c2ncc(C(F)(F)F)cc21. The quantitative estimate of drug-likeness (QED) is 0.734. The number of hydrogen-bond acceptors (Lipinski definition) is 4. The normalized spacial score (nSPS) is 22.6. The Morgan fingerprint density at radius 1 is 1.35 bits per heavy atom. The van der Waals surface area contributed by atoms with E-state index in [9.17, 15) is 18.0 Å². The Bertz CT molecular complexity index is 546. The summed E-state index contributed by atoms with van der Waals surface area (Å²) in [7, 11) is 0. The number of aromatic nitrogens is 1. The fourth-order valence-corrected chi connectivity index (χ4v) is 2.54. The predicted molar refractivity (Wildman–Crippen MR) is 65.6 cm³/mol. The molecule has 1 saturated heterocycles. The van der Waals surface area contributed by atoms with Crippen LogP contribution in [0.3, 0.4) is 0 Å². The van der Waals surface area contributed by atoms with Crippen LogP contribution in [0, 0.1) is 0 Å². The van der Waals surface area contributed by atoms with Crippen molar-refractivity contribution in [1.82, 2.24) is 15.6 Å². The van der Waals surface area contributed by atoms with E-state index in [1.54, 1.807) is 0 Å². The fraction of sp³-hybridized carbons (Fsp3) is 0.500. The van der Waals surface area contributed by atoms with Gasteiger partial charge in [-0.1, -0.05) is 0 Å². The lowest BCUT2D eigenvalue weighted by Crippen LogP contribution is -2.54. The molecular formula is C12H13F3N4O. The van der Waals surface area contributed by atoms with Gasteiger partial charge in [-0.2, -0.15) is 13.2 Å². The second kappa shape index (κ2) is 4.62. The molecule has 20 heavy (non-hydrogen) atoms. The van der Waals surface area contributed by atoms with Crippen molar-refractivity contribution >= 4 is 11.7 Å². The average molecular weight is 286 g/mol. The summed E-state index contributed by atoms with van der Waals surface area (Å²) in [5.41, 5.74) is -0.913. The molecule has 0 spiro atoms. The molecule has 1 amide bonds. The van der Waals surface area contributed by atoms with E-state index in [-0.39, 0.29) is 11.6 Å². The van der Waals surface area contributed by atoms with Gasteiger partial charge >= 0.3 is 6.18 Å². The van der Waals surface area contributed by atoms with Gasteiger partial charge in [-0.05, 0) is 6.07 Å². The highest BCUT2D eigenvalue weighted by molar-refractivity contribution is 5.99. The molecule has 3 heterocycles. The number of fused-ring (bicyclic) bond motifs is 3. The van der Waals surface area contributed by atoms with Crippen LogP contribution >= 0.6 is 0 Å². The summed E-state index contributed by atoms with van der Waals surface area (Å²) in [5.74, 6) is -0.174. The third-order valence-corrected chi connectivity index (χ3v) is 3.56. The van der Waals surface area contributed by atoms with Crippen molar-refractivity contribution in [3.8, 4) is 0 Å². The second-order valence-electron chi connectivity index (χ2n) is 4.85. The fourth-order valence-electron chi connectivity index (χ4n) is 2.54. The summed E-state index contributed by atoms with van der Waals surface area (Å²) in [6, 6.07) is 0.889. The highest BCUT2D eigenvalue weighted by Crippen LogP contribution is 2.32. The number of pyridine rings is 1. The number of piperazine rings is 1. The van der Waals surface area contributed by atoms with Crippen LogP contribution in [0.5, 0.6) is 0 Å². The molecule has 1 aromatic rings. The molecule has 108 valence electrons. The standard InChI is InChI=1S/C12H13F3N4O/c13-12(14,15)7-3-9-10(17-4-7)19-2-1-16-5-8(19)6-18-11(9)20/h3-4,8,16H,1-2,5-6H2,(H,18,20). The maximum atomic E-state index is 12.7. The van der Waals surface area contributed by atoms with Crippen LogP contribution in [0.15, 0.2) is 12.3 Å². The lowest BCUT2D eigenvalue weighted by molar-refractivity contribution is -0.137. The Balaban J connectivity index is 2.07. The molecule has 1 unspecified atom stereocenters. The minimum absolute atomic E-state index is 0.00998. The molecule has 5 nitrogen and oxygen atoms in total. The average Bonchev–Trinajstić information content (AvgIpc) is 2.56. The summed E-state index contributed by atoms with van der Waals surface area (Å²) < 4.78 is 38.2. The molecule has 1 aromatic heterocycles. The maximum Gasteiger partial charge on any atom is 0.417 e. The third kappa shape index (κ3) is 2.20. The summed E-state index contributed by atoms with van der Waals surface area (Å²) in [6.45, 7) is 2.39. The van der Waals surface area contributed by atoms with Crippen molar-refractivity contribution in [1.29, 1.82) is 0 Å². The van der Waals surface area contributed by atoms with Gasteiger partial charge < -0.3 is 15.5 Å². The number of rotatable bonds is 0. The Labute approximate surface area is 113 Å². The Morgan fingerprint density at radius 3 is 2.90 bits per heavy atom. The number of carbonyl (C=O) groups excluding carboxylic acids is 1. The number of nitrogens with zero attached hydrogens (tertiary/aromatic N) is 2. The van der Waals surface area contributed by atoms with Crippen molar-refractivity contribution in [2.24, 2.45) is 0 Å². The summed E-state index contributed by atoms with van der Waals surface area (Å²) in [5, 5.41) is 5.84. The van der Waals surface area contributed by atoms with Crippen LogP contribution in [-0.4, -0.2) is 43.1 Å². The molecule has 3 rings (SSSR count). The van der Waals surface area contributed by atoms with Gasteiger partial charge in [0.15, 0.2) is 0 Å². The zero-order valence-electron chi connectivity index (χ0n) is 10.5. The van der Waals surface area contributed by atoms with Crippen molar-refractivity contribution in [3.05, 3.63) is 23.4 Å². The van der Waals surface area contributed by atoms with Crippen molar-refractivity contribution in [2.75, 3.05) is 31.1 Å². The number of carbonyl (C=O) groups is 1. The molecule has 2 aliphatic heterocycles. The number of hydrogen-bond donors (Lipinski definition) is 2. The van der Waals surface area contributed by atoms with Crippen LogP contribution < -0.4 is 15.5 Å². The minimum Gasteiger partial charge on any atom is -0.350 e. The van der Waals surface area contributed by atoms with Gasteiger partial charge in [-0.25, -0.2) is 4.98 Å². The topological polar surface area (TPSA) is 57.3 Å². The lowest BCUT2D eigenvalue weighted by atomic mass is 10.1. The van der Waals surface area contributed by atoms with E-state index in [4.69, 9.17) is 0 Å². The first-order chi connectivity index (χ1) is 9.47. The number of amides is 1. The zero-order chi connectivity index (χ0) is 14.3. The monoisotopic (exact) mass is 286 g/mol. The van der Waals surface area contributed by atoms with Crippen molar-refractivity contribution in [3.63, 3.8) is 0 Å².